The molecular formula is C26H26F2N4O2Si. The molecule has 0 amide bonds. The summed E-state index contributed by atoms with van der Waals surface area (Å²) in [4.78, 5) is 4.50. The average molecular weight is 493 g/mol. The Labute approximate surface area is 203 Å². The van der Waals surface area contributed by atoms with Crippen LogP contribution in [0, 0.1) is 23.0 Å². The second-order valence-electron chi connectivity index (χ2n) is 9.47. The topological polar surface area (TPSA) is 86.1 Å². The van der Waals surface area contributed by atoms with Gasteiger partial charge in [-0.1, -0.05) is 31.8 Å². The van der Waals surface area contributed by atoms with E-state index in [2.05, 4.69) is 30.7 Å². The number of fused-ring (bicyclic) bond motifs is 1. The second kappa shape index (κ2) is 9.86. The number of benzene rings is 2. The van der Waals surface area contributed by atoms with Gasteiger partial charge in [-0.05, 0) is 29.8 Å². The fourth-order valence-corrected chi connectivity index (χ4v) is 4.40. The van der Waals surface area contributed by atoms with Crippen molar-refractivity contribution in [1.29, 1.82) is 5.26 Å². The molecule has 35 heavy (non-hydrogen) atoms. The summed E-state index contributed by atoms with van der Waals surface area (Å²) in [5.74, 6) is -2.11. The van der Waals surface area contributed by atoms with E-state index in [0.29, 0.717) is 23.2 Å². The molecule has 0 atom stereocenters. The van der Waals surface area contributed by atoms with Crippen molar-refractivity contribution < 1.29 is 18.3 Å². The SMILES string of the molecule is C[Si](C)(C)CCOCn1cc(-c2ccc(C#N)cc2)c2c(Oc3c(F)cc(N)cc3F)ccnc21. The molecule has 6 nitrogen and oxygen atoms in total. The lowest BCUT2D eigenvalue weighted by Gasteiger charge is -2.15. The molecule has 180 valence electrons. The summed E-state index contributed by atoms with van der Waals surface area (Å²) in [5, 5.41) is 9.73. The lowest BCUT2D eigenvalue weighted by molar-refractivity contribution is 0.0899. The number of ether oxygens (including phenoxy) is 2. The van der Waals surface area contributed by atoms with Crippen LogP contribution in [0.1, 0.15) is 5.56 Å². The first-order valence-corrected chi connectivity index (χ1v) is 14.9. The monoisotopic (exact) mass is 492 g/mol. The highest BCUT2D eigenvalue weighted by molar-refractivity contribution is 6.76. The third-order valence-electron chi connectivity index (χ3n) is 5.50. The van der Waals surface area contributed by atoms with Gasteiger partial charge in [0.15, 0.2) is 17.4 Å². The predicted molar refractivity (Wildman–Crippen MR) is 135 cm³/mol. The van der Waals surface area contributed by atoms with E-state index < -0.39 is 25.5 Å². The molecule has 0 aliphatic rings. The molecule has 0 radical (unpaired) electrons. The van der Waals surface area contributed by atoms with Gasteiger partial charge in [0.1, 0.15) is 18.1 Å². The number of nitrogens with two attached hydrogens (primary N) is 1. The fraction of sp³-hybridized carbons (Fsp3) is 0.231. The zero-order chi connectivity index (χ0) is 25.2. The van der Waals surface area contributed by atoms with E-state index in [9.17, 15) is 8.78 Å². The van der Waals surface area contributed by atoms with Crippen LogP contribution < -0.4 is 10.5 Å². The molecule has 0 aliphatic heterocycles. The van der Waals surface area contributed by atoms with Gasteiger partial charge in [-0.25, -0.2) is 13.8 Å². The fourth-order valence-electron chi connectivity index (χ4n) is 3.64. The zero-order valence-corrected chi connectivity index (χ0v) is 20.8. The van der Waals surface area contributed by atoms with Crippen molar-refractivity contribution in [1.82, 2.24) is 9.55 Å². The number of nitriles is 1. The lowest BCUT2D eigenvalue weighted by atomic mass is 10.0. The van der Waals surface area contributed by atoms with E-state index >= 15 is 0 Å². The summed E-state index contributed by atoms with van der Waals surface area (Å²) < 4.78 is 42.5. The van der Waals surface area contributed by atoms with E-state index in [1.165, 1.54) is 6.20 Å². The van der Waals surface area contributed by atoms with Gasteiger partial charge in [0.2, 0.25) is 0 Å². The van der Waals surface area contributed by atoms with Gasteiger partial charge < -0.3 is 19.8 Å². The summed E-state index contributed by atoms with van der Waals surface area (Å²) in [6, 6.07) is 13.7. The van der Waals surface area contributed by atoms with Crippen LogP contribution in [0.2, 0.25) is 25.7 Å². The molecular weight excluding hydrogens is 466 g/mol. The Balaban J connectivity index is 1.79. The number of pyridine rings is 1. The van der Waals surface area contributed by atoms with Gasteiger partial charge >= 0.3 is 0 Å². The molecule has 2 N–H and O–H groups in total. The van der Waals surface area contributed by atoms with Crippen LogP contribution in [0.25, 0.3) is 22.2 Å². The molecule has 0 aliphatic carbocycles. The maximum atomic E-state index is 14.5. The maximum absolute atomic E-state index is 14.5. The van der Waals surface area contributed by atoms with Crippen LogP contribution in [0.3, 0.4) is 0 Å². The van der Waals surface area contributed by atoms with Gasteiger partial charge in [0.25, 0.3) is 0 Å². The van der Waals surface area contributed by atoms with E-state index in [1.807, 2.05) is 22.9 Å². The summed E-state index contributed by atoms with van der Waals surface area (Å²) in [7, 11) is -1.25. The van der Waals surface area contributed by atoms with Crippen molar-refractivity contribution in [2.75, 3.05) is 12.3 Å². The highest BCUT2D eigenvalue weighted by Crippen LogP contribution is 2.39. The van der Waals surface area contributed by atoms with Crippen molar-refractivity contribution in [3.05, 3.63) is 72.1 Å². The smallest absolute Gasteiger partial charge is 0.198 e. The third-order valence-corrected chi connectivity index (χ3v) is 7.21. The Hall–Kier alpha value is -3.74. The number of aromatic nitrogens is 2. The van der Waals surface area contributed by atoms with Crippen molar-refractivity contribution in [3.63, 3.8) is 0 Å². The summed E-state index contributed by atoms with van der Waals surface area (Å²) in [6.45, 7) is 7.74. The largest absolute Gasteiger partial charge is 0.450 e. The van der Waals surface area contributed by atoms with Crippen molar-refractivity contribution in [3.8, 4) is 28.7 Å². The standard InChI is InChI=1S/C26H26F2N4O2Si/c1-35(2,3)11-10-33-16-32-15-20(18-6-4-17(14-29)5-7-18)24-23(8-9-31-26(24)32)34-25-21(27)12-19(30)13-22(25)28/h4-9,12-13,15H,10-11,16,30H2,1-3H3. The molecule has 9 heteroatoms. The molecule has 2 aromatic carbocycles. The summed E-state index contributed by atoms with van der Waals surface area (Å²) >= 11 is 0. The van der Waals surface area contributed by atoms with E-state index in [4.69, 9.17) is 20.5 Å². The number of hydrogen-bond acceptors (Lipinski definition) is 5. The number of anilines is 1. The molecule has 4 aromatic rings. The highest BCUT2D eigenvalue weighted by Gasteiger charge is 2.20. The normalized spacial score (nSPS) is 11.5. The summed E-state index contributed by atoms with van der Waals surface area (Å²) in [6.07, 6.45) is 3.39. The van der Waals surface area contributed by atoms with Crippen LogP contribution in [-0.4, -0.2) is 24.2 Å². The molecule has 0 fully saturated rings. The number of halogens is 2. The maximum Gasteiger partial charge on any atom is 0.198 e. The number of rotatable bonds is 8. The molecule has 0 spiro atoms. The molecule has 2 aromatic heterocycles. The lowest BCUT2D eigenvalue weighted by Crippen LogP contribution is -2.22. The third kappa shape index (κ3) is 5.50. The Morgan fingerprint density at radius 3 is 2.40 bits per heavy atom. The minimum absolute atomic E-state index is 0.0351. The number of nitrogens with zero attached hydrogens (tertiary/aromatic N) is 3. The first-order chi connectivity index (χ1) is 16.7. The van der Waals surface area contributed by atoms with Crippen LogP contribution in [0.15, 0.2) is 54.9 Å². The quantitative estimate of drug-likeness (QED) is 0.171. The average Bonchev–Trinajstić information content (AvgIpc) is 3.18. The predicted octanol–water partition coefficient (Wildman–Crippen LogP) is 6.54. The van der Waals surface area contributed by atoms with Crippen LogP contribution in [0.5, 0.6) is 11.5 Å². The zero-order valence-electron chi connectivity index (χ0n) is 19.8. The summed E-state index contributed by atoms with van der Waals surface area (Å²) in [5.41, 5.74) is 8.11. The minimum Gasteiger partial charge on any atom is -0.450 e. The van der Waals surface area contributed by atoms with Gasteiger partial charge in [-0.2, -0.15) is 5.26 Å². The van der Waals surface area contributed by atoms with Gasteiger partial charge in [0, 0.05) is 50.5 Å². The van der Waals surface area contributed by atoms with E-state index in [0.717, 1.165) is 29.3 Å². The Morgan fingerprint density at radius 2 is 1.77 bits per heavy atom. The molecule has 4 rings (SSSR count). The van der Waals surface area contributed by atoms with Gasteiger partial charge in [-0.15, -0.1) is 0 Å². The molecule has 2 heterocycles. The second-order valence-corrected chi connectivity index (χ2v) is 15.1. The Morgan fingerprint density at radius 1 is 1.09 bits per heavy atom. The molecule has 0 bridgehead atoms. The molecule has 0 saturated heterocycles. The van der Waals surface area contributed by atoms with Crippen molar-refractivity contribution in [2.45, 2.75) is 32.4 Å². The molecule has 0 saturated carbocycles. The van der Waals surface area contributed by atoms with Crippen LogP contribution >= 0.6 is 0 Å². The van der Waals surface area contributed by atoms with Gasteiger partial charge in [-0.3, -0.25) is 0 Å². The van der Waals surface area contributed by atoms with Crippen molar-refractivity contribution >= 4 is 24.8 Å². The van der Waals surface area contributed by atoms with Crippen LogP contribution in [-0.2, 0) is 11.5 Å². The highest BCUT2D eigenvalue weighted by atomic mass is 28.3. The van der Waals surface area contributed by atoms with Crippen LogP contribution in [0.4, 0.5) is 14.5 Å². The van der Waals surface area contributed by atoms with Crippen molar-refractivity contribution in [2.24, 2.45) is 0 Å². The molecule has 0 unspecified atom stereocenters. The minimum atomic E-state index is -1.25. The first-order valence-electron chi connectivity index (χ1n) is 11.1. The Bertz CT molecular complexity index is 1380. The number of nitrogen functional groups attached to an aromatic ring is 1. The number of hydrogen-bond donors (Lipinski definition) is 1. The van der Waals surface area contributed by atoms with E-state index in [1.54, 1.807) is 18.2 Å². The van der Waals surface area contributed by atoms with Gasteiger partial charge in [0.05, 0.1) is 17.0 Å². The first kappa shape index (κ1) is 24.4. The van der Waals surface area contributed by atoms with E-state index in [-0.39, 0.29) is 18.2 Å². The Kier molecular flexibility index (Phi) is 6.87.